The van der Waals surface area contributed by atoms with Crippen molar-refractivity contribution >= 4 is 21.6 Å². The summed E-state index contributed by atoms with van der Waals surface area (Å²) in [6.07, 6.45) is 0. The van der Waals surface area contributed by atoms with E-state index in [2.05, 4.69) is 5.32 Å². The van der Waals surface area contributed by atoms with Gasteiger partial charge in [0.05, 0.1) is 37.5 Å². The maximum absolute atomic E-state index is 13.7. The molecule has 3 aromatic rings. The van der Waals surface area contributed by atoms with E-state index >= 15 is 0 Å². The summed E-state index contributed by atoms with van der Waals surface area (Å²) in [4.78, 5) is 12.9. The highest BCUT2D eigenvalue weighted by Crippen LogP contribution is 2.32. The van der Waals surface area contributed by atoms with Gasteiger partial charge >= 0.3 is 0 Å². The second kappa shape index (κ2) is 11.8. The molecule has 0 aliphatic carbocycles. The highest BCUT2D eigenvalue weighted by molar-refractivity contribution is 7.92. The van der Waals surface area contributed by atoms with Gasteiger partial charge in [0.25, 0.3) is 10.0 Å². The molecular formula is C26H29FN2O6S. The van der Waals surface area contributed by atoms with Crippen molar-refractivity contribution in [2.45, 2.75) is 24.8 Å². The molecule has 1 N–H and O–H groups in total. The molecule has 0 radical (unpaired) electrons. The van der Waals surface area contributed by atoms with Crippen molar-refractivity contribution in [1.29, 1.82) is 0 Å². The summed E-state index contributed by atoms with van der Waals surface area (Å²) in [7, 11) is -1.34. The molecule has 0 saturated carbocycles. The number of sulfonamides is 1. The first-order chi connectivity index (χ1) is 17.2. The summed E-state index contributed by atoms with van der Waals surface area (Å²) in [5.74, 6) is 0.248. The zero-order valence-electron chi connectivity index (χ0n) is 20.5. The molecule has 0 saturated heterocycles. The fraction of sp³-hybridized carbons (Fsp3) is 0.269. The second-order valence-corrected chi connectivity index (χ2v) is 9.66. The fourth-order valence-electron chi connectivity index (χ4n) is 3.55. The molecule has 8 nitrogen and oxygen atoms in total. The average molecular weight is 517 g/mol. The number of hydrogen-bond acceptors (Lipinski definition) is 6. The lowest BCUT2D eigenvalue weighted by Gasteiger charge is -2.25. The zero-order chi connectivity index (χ0) is 26.3. The van der Waals surface area contributed by atoms with Crippen molar-refractivity contribution in [2.75, 3.05) is 31.7 Å². The first-order valence-electron chi connectivity index (χ1n) is 11.2. The van der Waals surface area contributed by atoms with E-state index in [1.807, 2.05) is 6.92 Å². The smallest absolute Gasteiger partial charge is 0.264 e. The summed E-state index contributed by atoms with van der Waals surface area (Å²) in [5.41, 5.74) is 0.956. The number of rotatable bonds is 11. The van der Waals surface area contributed by atoms with Crippen LogP contribution in [-0.4, -0.2) is 41.7 Å². The van der Waals surface area contributed by atoms with Crippen molar-refractivity contribution in [1.82, 2.24) is 5.32 Å². The Labute approximate surface area is 210 Å². The summed E-state index contributed by atoms with van der Waals surface area (Å²) in [6, 6.07) is 15.9. The normalized spacial score (nSPS) is 11.9. The number of anilines is 1. The van der Waals surface area contributed by atoms with Crippen molar-refractivity contribution in [3.63, 3.8) is 0 Å². The number of benzene rings is 3. The highest BCUT2D eigenvalue weighted by Gasteiger charge is 2.29. The molecule has 0 aromatic heterocycles. The van der Waals surface area contributed by atoms with Gasteiger partial charge in [-0.15, -0.1) is 0 Å². The molecule has 36 heavy (non-hydrogen) atoms. The highest BCUT2D eigenvalue weighted by atomic mass is 32.2. The molecule has 10 heteroatoms. The number of ether oxygens (including phenoxy) is 3. The molecule has 0 unspecified atom stereocenters. The standard InChI is InChI=1S/C26H29FN2O6S/c1-5-35-22-12-10-21(11-13-22)29(17-26(30)28-18(2)19-6-8-20(27)9-7-19)36(31,32)23-14-15-24(33-3)25(16-23)34-4/h6-16,18H,5,17H2,1-4H3,(H,28,30)/t18-/m0/s1. The molecule has 1 amide bonds. The van der Waals surface area contributed by atoms with Crippen molar-refractivity contribution in [2.24, 2.45) is 0 Å². The number of carbonyl (C=O) groups excluding carboxylic acids is 1. The van der Waals surface area contributed by atoms with Crippen molar-refractivity contribution < 1.29 is 31.8 Å². The maximum atomic E-state index is 13.7. The molecule has 0 bridgehead atoms. The molecule has 0 spiro atoms. The fourth-order valence-corrected chi connectivity index (χ4v) is 4.98. The van der Waals surface area contributed by atoms with Gasteiger partial charge in [-0.3, -0.25) is 9.10 Å². The summed E-state index contributed by atoms with van der Waals surface area (Å²) in [5, 5.41) is 2.78. The third-order valence-corrected chi connectivity index (χ3v) is 7.18. The van der Waals surface area contributed by atoms with E-state index in [9.17, 15) is 17.6 Å². The van der Waals surface area contributed by atoms with Gasteiger partial charge < -0.3 is 19.5 Å². The minimum atomic E-state index is -4.19. The van der Waals surface area contributed by atoms with Gasteiger partial charge in [-0.05, 0) is 67.9 Å². The van der Waals surface area contributed by atoms with Gasteiger partial charge in [-0.25, -0.2) is 12.8 Å². The Balaban J connectivity index is 1.94. The Morgan fingerprint density at radius 1 is 0.972 bits per heavy atom. The van der Waals surface area contributed by atoms with Crippen LogP contribution in [0.4, 0.5) is 10.1 Å². The van der Waals surface area contributed by atoms with Gasteiger partial charge in [-0.1, -0.05) is 12.1 Å². The van der Waals surface area contributed by atoms with Crippen LogP contribution in [0.5, 0.6) is 17.2 Å². The van der Waals surface area contributed by atoms with Crippen LogP contribution in [0.2, 0.25) is 0 Å². The van der Waals surface area contributed by atoms with Crippen LogP contribution in [0.25, 0.3) is 0 Å². The lowest BCUT2D eigenvalue weighted by Crippen LogP contribution is -2.41. The Bertz CT molecular complexity index is 1280. The lowest BCUT2D eigenvalue weighted by atomic mass is 10.1. The third-order valence-electron chi connectivity index (χ3n) is 5.41. The minimum absolute atomic E-state index is 0.0755. The summed E-state index contributed by atoms with van der Waals surface area (Å²) < 4.78 is 57.6. The Morgan fingerprint density at radius 2 is 1.61 bits per heavy atom. The Hall–Kier alpha value is -3.79. The largest absolute Gasteiger partial charge is 0.494 e. The summed E-state index contributed by atoms with van der Waals surface area (Å²) in [6.45, 7) is 3.54. The van der Waals surface area contributed by atoms with Crippen LogP contribution in [0.1, 0.15) is 25.5 Å². The molecular weight excluding hydrogens is 487 g/mol. The monoisotopic (exact) mass is 516 g/mol. The number of carbonyl (C=O) groups is 1. The van der Waals surface area contributed by atoms with E-state index in [0.29, 0.717) is 23.7 Å². The van der Waals surface area contributed by atoms with E-state index in [1.165, 1.54) is 44.6 Å². The lowest BCUT2D eigenvalue weighted by molar-refractivity contribution is -0.120. The van der Waals surface area contributed by atoms with E-state index in [0.717, 1.165) is 4.31 Å². The van der Waals surface area contributed by atoms with Crippen molar-refractivity contribution in [3.8, 4) is 17.2 Å². The number of hydrogen-bond donors (Lipinski definition) is 1. The molecule has 1 atom stereocenters. The minimum Gasteiger partial charge on any atom is -0.494 e. The molecule has 0 heterocycles. The zero-order valence-corrected chi connectivity index (χ0v) is 21.3. The number of nitrogens with zero attached hydrogens (tertiary/aromatic N) is 1. The molecule has 3 aromatic carbocycles. The van der Waals surface area contributed by atoms with E-state index in [4.69, 9.17) is 14.2 Å². The van der Waals surface area contributed by atoms with Crippen LogP contribution < -0.4 is 23.8 Å². The Morgan fingerprint density at radius 3 is 2.19 bits per heavy atom. The third kappa shape index (κ3) is 6.25. The first-order valence-corrected chi connectivity index (χ1v) is 12.7. The topological polar surface area (TPSA) is 94.2 Å². The van der Waals surface area contributed by atoms with Crippen LogP contribution >= 0.6 is 0 Å². The van der Waals surface area contributed by atoms with Crippen molar-refractivity contribution in [3.05, 3.63) is 78.1 Å². The number of nitrogens with one attached hydrogen (secondary N) is 1. The first kappa shape index (κ1) is 26.8. The van der Waals surface area contributed by atoms with Crippen LogP contribution in [0, 0.1) is 5.82 Å². The number of amides is 1. The predicted octanol–water partition coefficient (Wildman–Crippen LogP) is 4.31. The molecule has 192 valence electrons. The van der Waals surface area contributed by atoms with Crippen LogP contribution in [0.15, 0.2) is 71.6 Å². The van der Waals surface area contributed by atoms with Gasteiger partial charge in [0.1, 0.15) is 18.1 Å². The molecule has 0 aliphatic rings. The van der Waals surface area contributed by atoms with E-state index in [1.54, 1.807) is 43.3 Å². The van der Waals surface area contributed by atoms with Crippen LogP contribution in [0.3, 0.4) is 0 Å². The van der Waals surface area contributed by atoms with Gasteiger partial charge in [0.2, 0.25) is 5.91 Å². The van der Waals surface area contributed by atoms with Gasteiger partial charge in [-0.2, -0.15) is 0 Å². The maximum Gasteiger partial charge on any atom is 0.264 e. The molecule has 3 rings (SSSR count). The number of methoxy groups -OCH3 is 2. The molecule has 0 fully saturated rings. The van der Waals surface area contributed by atoms with E-state index < -0.39 is 28.5 Å². The second-order valence-electron chi connectivity index (χ2n) is 7.80. The average Bonchev–Trinajstić information content (AvgIpc) is 2.87. The predicted molar refractivity (Wildman–Crippen MR) is 135 cm³/mol. The van der Waals surface area contributed by atoms with Gasteiger partial charge in [0, 0.05) is 6.07 Å². The van der Waals surface area contributed by atoms with Crippen LogP contribution in [-0.2, 0) is 14.8 Å². The summed E-state index contributed by atoms with van der Waals surface area (Å²) >= 11 is 0. The SMILES string of the molecule is CCOc1ccc(N(CC(=O)N[C@@H](C)c2ccc(F)cc2)S(=O)(=O)c2ccc(OC)c(OC)c2)cc1. The Kier molecular flexibility index (Phi) is 8.76. The van der Waals surface area contributed by atoms with E-state index in [-0.39, 0.29) is 22.1 Å². The van der Waals surface area contributed by atoms with Gasteiger partial charge in [0.15, 0.2) is 11.5 Å². The number of halogens is 1. The molecule has 0 aliphatic heterocycles. The quantitative estimate of drug-likeness (QED) is 0.408.